The molecule has 0 amide bonds. The van der Waals surface area contributed by atoms with E-state index in [4.69, 9.17) is 4.74 Å². The Morgan fingerprint density at radius 2 is 1.64 bits per heavy atom. The number of hydrogen-bond donors (Lipinski definition) is 5. The van der Waals surface area contributed by atoms with Gasteiger partial charge < -0.3 is 35.0 Å². The lowest BCUT2D eigenvalue weighted by Crippen LogP contribution is -2.71. The summed E-state index contributed by atoms with van der Waals surface area (Å²) in [4.78, 5) is 0. The van der Waals surface area contributed by atoms with Gasteiger partial charge in [0.15, 0.2) is 0 Å². The molecule has 1 aliphatic heterocycles. The van der Waals surface area contributed by atoms with Crippen LogP contribution in [0, 0.1) is 0 Å². The van der Waals surface area contributed by atoms with Crippen molar-refractivity contribution in [2.75, 3.05) is 13.2 Å². The van der Waals surface area contributed by atoms with Crippen molar-refractivity contribution in [1.82, 2.24) is 0 Å². The van der Waals surface area contributed by atoms with Gasteiger partial charge >= 0.3 is 6.18 Å². The van der Waals surface area contributed by atoms with Crippen molar-refractivity contribution < 1.29 is 48.2 Å². The largest absolute Gasteiger partial charge is 0.411 e. The number of aliphatic hydroxyl groups is 5. The van der Waals surface area contributed by atoms with Crippen molar-refractivity contribution in [3.8, 4) is 0 Å². The van der Waals surface area contributed by atoms with Gasteiger partial charge in [0.1, 0.15) is 24.9 Å². The summed E-state index contributed by atoms with van der Waals surface area (Å²) in [6, 6.07) is 11.3. The molecule has 154 valence electrons. The van der Waals surface area contributed by atoms with E-state index in [1.165, 1.54) is 12.1 Å². The molecule has 0 unspecified atom stereocenters. The van der Waals surface area contributed by atoms with E-state index in [9.17, 15) is 38.7 Å². The highest BCUT2D eigenvalue weighted by Crippen LogP contribution is 2.43. The molecule has 0 aromatic heterocycles. The molecule has 0 saturated carbocycles. The first kappa shape index (κ1) is 20.9. The lowest BCUT2D eigenvalue weighted by atomic mass is 9.84. The third kappa shape index (κ3) is 3.48. The highest BCUT2D eigenvalue weighted by Gasteiger charge is 2.63. The smallest absolute Gasteiger partial charge is 0.393 e. The van der Waals surface area contributed by atoms with Crippen LogP contribution >= 0.6 is 0 Å². The minimum absolute atomic E-state index is 0.00605. The molecule has 1 heterocycles. The Hall–Kier alpha value is -1.79. The fourth-order valence-electron chi connectivity index (χ4n) is 3.31. The van der Waals surface area contributed by atoms with E-state index in [1.54, 1.807) is 30.3 Å². The first-order valence-electron chi connectivity index (χ1n) is 8.31. The predicted molar refractivity (Wildman–Crippen MR) is 88.8 cm³/mol. The van der Waals surface area contributed by atoms with Gasteiger partial charge in [-0.1, -0.05) is 42.5 Å². The molecular formula is C18H19F3O7. The van der Waals surface area contributed by atoms with Crippen molar-refractivity contribution in [2.24, 2.45) is 0 Å². The summed E-state index contributed by atoms with van der Waals surface area (Å²) in [5, 5.41) is 52.8. The monoisotopic (exact) mass is 404 g/mol. The molecule has 3 rings (SSSR count). The van der Waals surface area contributed by atoms with Gasteiger partial charge in [-0.3, -0.25) is 0 Å². The van der Waals surface area contributed by atoms with Crippen molar-refractivity contribution >= 4 is 10.8 Å². The molecule has 2 aromatic carbocycles. The van der Waals surface area contributed by atoms with E-state index < -0.39 is 49.3 Å². The normalized spacial score (nSPS) is 33.9. The summed E-state index contributed by atoms with van der Waals surface area (Å²) >= 11 is 0. The zero-order chi connectivity index (χ0) is 20.7. The van der Waals surface area contributed by atoms with Crippen LogP contribution in [0.15, 0.2) is 42.5 Å². The standard InChI is InChI=1S/C18H19F3O7/c19-16(20,21)9-27-18(26)13(8-22)28-17(25,14(23)15(18)24)12-7-3-5-10-4-1-2-6-11(10)12/h1-7,13-15,22-26H,8-9H2/t13-,14-,15-,17+,18-/m1/s1. The lowest BCUT2D eigenvalue weighted by Gasteiger charge is -2.51. The molecule has 2 aromatic rings. The SMILES string of the molecule is OC[C@H]1O[C@@](O)(c2cccc3ccccc23)[C@H](O)[C@@H](O)[C@]1(O)OCC(F)(F)F. The Labute approximate surface area is 157 Å². The van der Waals surface area contributed by atoms with Gasteiger partial charge in [-0.05, 0) is 10.8 Å². The van der Waals surface area contributed by atoms with Crippen LogP contribution in [0.2, 0.25) is 0 Å². The molecule has 0 bridgehead atoms. The van der Waals surface area contributed by atoms with E-state index in [0.29, 0.717) is 10.8 Å². The second-order valence-electron chi connectivity index (χ2n) is 6.56. The van der Waals surface area contributed by atoms with E-state index in [1.807, 2.05) is 0 Å². The predicted octanol–water partition coefficient (Wildman–Crippen LogP) is 0.365. The van der Waals surface area contributed by atoms with Crippen LogP contribution < -0.4 is 0 Å². The third-order valence-electron chi connectivity index (χ3n) is 4.72. The van der Waals surface area contributed by atoms with Crippen LogP contribution in [0.25, 0.3) is 10.8 Å². The molecule has 1 fully saturated rings. The number of rotatable bonds is 4. The van der Waals surface area contributed by atoms with Gasteiger partial charge in [-0.15, -0.1) is 0 Å². The van der Waals surface area contributed by atoms with Crippen molar-refractivity contribution in [3.05, 3.63) is 48.0 Å². The van der Waals surface area contributed by atoms with Gasteiger partial charge in [0.2, 0.25) is 11.6 Å². The lowest BCUT2D eigenvalue weighted by molar-refractivity contribution is -0.438. The molecule has 0 aliphatic carbocycles. The van der Waals surface area contributed by atoms with Gasteiger partial charge in [0.05, 0.1) is 6.61 Å². The van der Waals surface area contributed by atoms with Crippen molar-refractivity contribution in [2.45, 2.75) is 36.1 Å². The number of hydrogen-bond acceptors (Lipinski definition) is 7. The number of fused-ring (bicyclic) bond motifs is 1. The number of halogens is 3. The molecule has 5 N–H and O–H groups in total. The summed E-state index contributed by atoms with van der Waals surface area (Å²) in [6.07, 6.45) is -11.6. The minimum atomic E-state index is -4.86. The number of alkyl halides is 3. The van der Waals surface area contributed by atoms with Crippen molar-refractivity contribution in [3.63, 3.8) is 0 Å². The molecular weight excluding hydrogens is 385 g/mol. The number of ether oxygens (including phenoxy) is 2. The molecule has 0 radical (unpaired) electrons. The Bertz CT molecular complexity index is 836. The Morgan fingerprint density at radius 1 is 1.00 bits per heavy atom. The highest BCUT2D eigenvalue weighted by atomic mass is 19.4. The molecule has 1 saturated heterocycles. The zero-order valence-corrected chi connectivity index (χ0v) is 14.4. The van der Waals surface area contributed by atoms with Crippen LogP contribution in [0.1, 0.15) is 5.56 Å². The fraction of sp³-hybridized carbons (Fsp3) is 0.444. The Balaban J connectivity index is 2.03. The second kappa shape index (κ2) is 7.23. The fourth-order valence-corrected chi connectivity index (χ4v) is 3.31. The summed E-state index contributed by atoms with van der Waals surface area (Å²) in [7, 11) is 0. The average molecular weight is 404 g/mol. The summed E-state index contributed by atoms with van der Waals surface area (Å²) < 4.78 is 47.1. The molecule has 28 heavy (non-hydrogen) atoms. The second-order valence-corrected chi connectivity index (χ2v) is 6.56. The third-order valence-corrected chi connectivity index (χ3v) is 4.72. The van der Waals surface area contributed by atoms with Gasteiger partial charge in [-0.2, -0.15) is 13.2 Å². The van der Waals surface area contributed by atoms with Crippen LogP contribution in [0.5, 0.6) is 0 Å². The topological polar surface area (TPSA) is 120 Å². The van der Waals surface area contributed by atoms with E-state index >= 15 is 0 Å². The Kier molecular flexibility index (Phi) is 5.40. The van der Waals surface area contributed by atoms with E-state index in [0.717, 1.165) is 0 Å². The molecule has 7 nitrogen and oxygen atoms in total. The average Bonchev–Trinajstić information content (AvgIpc) is 2.67. The highest BCUT2D eigenvalue weighted by molar-refractivity contribution is 5.86. The summed E-state index contributed by atoms with van der Waals surface area (Å²) in [6.45, 7) is -3.08. The molecule has 5 atom stereocenters. The van der Waals surface area contributed by atoms with E-state index in [-0.39, 0.29) is 5.56 Å². The van der Waals surface area contributed by atoms with E-state index in [2.05, 4.69) is 4.74 Å². The summed E-state index contributed by atoms with van der Waals surface area (Å²) in [5.74, 6) is -5.75. The maximum Gasteiger partial charge on any atom is 0.411 e. The minimum Gasteiger partial charge on any atom is -0.393 e. The summed E-state index contributed by atoms with van der Waals surface area (Å²) in [5.41, 5.74) is -0.00605. The van der Waals surface area contributed by atoms with Crippen LogP contribution in [0.3, 0.4) is 0 Å². The maximum absolute atomic E-state index is 12.5. The number of benzene rings is 2. The van der Waals surface area contributed by atoms with Gasteiger partial charge in [0.25, 0.3) is 0 Å². The van der Waals surface area contributed by atoms with Gasteiger partial charge in [-0.25, -0.2) is 0 Å². The zero-order valence-electron chi connectivity index (χ0n) is 14.4. The van der Waals surface area contributed by atoms with Crippen molar-refractivity contribution in [1.29, 1.82) is 0 Å². The maximum atomic E-state index is 12.5. The first-order valence-corrected chi connectivity index (χ1v) is 8.31. The number of aliphatic hydroxyl groups excluding tert-OH is 3. The van der Waals surface area contributed by atoms with Crippen LogP contribution in [0.4, 0.5) is 13.2 Å². The molecule has 0 spiro atoms. The quantitative estimate of drug-likeness (QED) is 0.467. The Morgan fingerprint density at radius 3 is 2.29 bits per heavy atom. The van der Waals surface area contributed by atoms with Gasteiger partial charge in [0, 0.05) is 5.56 Å². The van der Waals surface area contributed by atoms with Crippen LogP contribution in [-0.4, -0.2) is 69.0 Å². The van der Waals surface area contributed by atoms with Crippen LogP contribution in [-0.2, 0) is 15.3 Å². The first-order chi connectivity index (χ1) is 13.0. The molecule has 1 aliphatic rings. The molecule has 10 heteroatoms.